The molecule has 0 radical (unpaired) electrons. The van der Waals surface area contributed by atoms with Crippen molar-refractivity contribution in [3.05, 3.63) is 29.3 Å². The van der Waals surface area contributed by atoms with Gasteiger partial charge >= 0.3 is 6.18 Å². The smallest absolute Gasteiger partial charge is 0.360 e. The number of aldehydes is 1. The minimum atomic E-state index is -4.25. The minimum Gasteiger partial charge on any atom is -0.360 e. The third-order valence-electron chi connectivity index (χ3n) is 2.64. The van der Waals surface area contributed by atoms with Crippen molar-refractivity contribution in [2.24, 2.45) is 0 Å². The van der Waals surface area contributed by atoms with Crippen LogP contribution in [0.25, 0.3) is 0 Å². The molecule has 0 saturated heterocycles. The highest BCUT2D eigenvalue weighted by molar-refractivity contribution is 5.77. The molecule has 0 bridgehead atoms. The topological polar surface area (TPSA) is 20.3 Å². The highest BCUT2D eigenvalue weighted by Crippen LogP contribution is 2.27. The summed E-state index contributed by atoms with van der Waals surface area (Å²) in [5.74, 6) is 0. The summed E-state index contributed by atoms with van der Waals surface area (Å²) in [5, 5.41) is 0. The van der Waals surface area contributed by atoms with E-state index in [0.29, 0.717) is 23.1 Å². The lowest BCUT2D eigenvalue weighted by Gasteiger charge is -2.31. The molecule has 0 fully saturated rings. The normalized spacial score (nSPS) is 11.7. The van der Waals surface area contributed by atoms with Gasteiger partial charge < -0.3 is 4.90 Å². The number of nitrogens with zero attached hydrogens (tertiary/aromatic N) is 1. The second kappa shape index (κ2) is 5.42. The third-order valence-corrected chi connectivity index (χ3v) is 2.64. The average Bonchev–Trinajstić information content (AvgIpc) is 2.24. The molecule has 1 aromatic carbocycles. The minimum absolute atomic E-state index is 0.271. The Morgan fingerprint density at radius 2 is 1.94 bits per heavy atom. The van der Waals surface area contributed by atoms with Crippen LogP contribution in [0.15, 0.2) is 18.2 Å². The lowest BCUT2D eigenvalue weighted by atomic mass is 10.1. The molecule has 0 unspecified atom stereocenters. The van der Waals surface area contributed by atoms with Gasteiger partial charge in [0.2, 0.25) is 0 Å². The van der Waals surface area contributed by atoms with Gasteiger partial charge in [0.25, 0.3) is 0 Å². The van der Waals surface area contributed by atoms with Crippen LogP contribution in [0.3, 0.4) is 0 Å². The van der Waals surface area contributed by atoms with Gasteiger partial charge in [-0.1, -0.05) is 0 Å². The van der Waals surface area contributed by atoms with Crippen LogP contribution in [0.2, 0.25) is 0 Å². The monoisotopic (exact) mass is 259 g/mol. The van der Waals surface area contributed by atoms with Crippen LogP contribution in [-0.4, -0.2) is 25.0 Å². The largest absolute Gasteiger partial charge is 0.405 e. The van der Waals surface area contributed by atoms with Crippen LogP contribution in [-0.2, 0) is 0 Å². The molecule has 0 aromatic heterocycles. The molecule has 0 aliphatic rings. The van der Waals surface area contributed by atoms with Crippen LogP contribution in [0, 0.1) is 6.92 Å². The van der Waals surface area contributed by atoms with Crippen LogP contribution in [0.5, 0.6) is 0 Å². The molecule has 1 rings (SSSR count). The highest BCUT2D eigenvalue weighted by Gasteiger charge is 2.32. The number of carbonyl (C=O) groups is 1. The first-order valence-corrected chi connectivity index (χ1v) is 5.64. The van der Waals surface area contributed by atoms with Crippen LogP contribution < -0.4 is 4.90 Å². The Labute approximate surface area is 104 Å². The summed E-state index contributed by atoms with van der Waals surface area (Å²) in [5.41, 5.74) is 1.64. The van der Waals surface area contributed by atoms with Gasteiger partial charge in [0, 0.05) is 17.3 Å². The number of rotatable bonds is 4. The van der Waals surface area contributed by atoms with E-state index in [-0.39, 0.29) is 6.04 Å². The summed E-state index contributed by atoms with van der Waals surface area (Å²) >= 11 is 0. The van der Waals surface area contributed by atoms with Gasteiger partial charge in [-0.25, -0.2) is 0 Å². The summed E-state index contributed by atoms with van der Waals surface area (Å²) in [7, 11) is 0. The van der Waals surface area contributed by atoms with Gasteiger partial charge in [-0.2, -0.15) is 13.2 Å². The molecule has 0 aliphatic carbocycles. The van der Waals surface area contributed by atoms with Crippen molar-refractivity contribution in [1.29, 1.82) is 0 Å². The molecule has 0 atom stereocenters. The van der Waals surface area contributed by atoms with E-state index in [1.807, 2.05) is 0 Å². The Kier molecular flexibility index (Phi) is 4.38. The number of alkyl halides is 3. The van der Waals surface area contributed by atoms with E-state index in [2.05, 4.69) is 0 Å². The first-order chi connectivity index (χ1) is 8.24. The zero-order valence-electron chi connectivity index (χ0n) is 10.6. The maximum atomic E-state index is 12.5. The summed E-state index contributed by atoms with van der Waals surface area (Å²) in [6, 6.07) is 4.41. The molecule has 0 spiro atoms. The maximum absolute atomic E-state index is 12.5. The fraction of sp³-hybridized carbons (Fsp3) is 0.462. The number of benzene rings is 1. The Bertz CT molecular complexity index is 427. The van der Waals surface area contributed by atoms with Gasteiger partial charge in [-0.05, 0) is 44.5 Å². The molecule has 0 amide bonds. The van der Waals surface area contributed by atoms with Crippen molar-refractivity contribution >= 4 is 12.0 Å². The van der Waals surface area contributed by atoms with E-state index in [0.717, 1.165) is 0 Å². The van der Waals surface area contributed by atoms with Crippen molar-refractivity contribution < 1.29 is 18.0 Å². The molecule has 0 aliphatic heterocycles. The zero-order chi connectivity index (χ0) is 13.9. The summed E-state index contributed by atoms with van der Waals surface area (Å²) < 4.78 is 37.6. The van der Waals surface area contributed by atoms with Crippen LogP contribution in [0.1, 0.15) is 29.8 Å². The second-order valence-corrected chi connectivity index (χ2v) is 4.50. The molecule has 5 heteroatoms. The zero-order valence-corrected chi connectivity index (χ0v) is 10.6. The number of hydrogen-bond acceptors (Lipinski definition) is 2. The standard InChI is InChI=1S/C13H16F3NO/c1-9(2)17(8-13(14,15)16)12-5-4-11(7-18)6-10(12)3/h4-7,9H,8H2,1-3H3. The Morgan fingerprint density at radius 3 is 2.33 bits per heavy atom. The predicted octanol–water partition coefficient (Wildman–Crippen LogP) is 3.58. The van der Waals surface area contributed by atoms with Crippen molar-refractivity contribution in [2.75, 3.05) is 11.4 Å². The lowest BCUT2D eigenvalue weighted by Crippen LogP contribution is -2.39. The number of aryl methyl sites for hydroxylation is 1. The Morgan fingerprint density at radius 1 is 1.33 bits per heavy atom. The number of anilines is 1. The summed E-state index contributed by atoms with van der Waals surface area (Å²) in [4.78, 5) is 11.9. The van der Waals surface area contributed by atoms with E-state index < -0.39 is 12.7 Å². The quantitative estimate of drug-likeness (QED) is 0.770. The lowest BCUT2D eigenvalue weighted by molar-refractivity contribution is -0.120. The summed E-state index contributed by atoms with van der Waals surface area (Å²) in [6.45, 7) is 4.12. The molecule has 1 aromatic rings. The van der Waals surface area contributed by atoms with Crippen LogP contribution >= 0.6 is 0 Å². The molecular weight excluding hydrogens is 243 g/mol. The Balaban J connectivity index is 3.10. The predicted molar refractivity (Wildman–Crippen MR) is 65.1 cm³/mol. The SMILES string of the molecule is Cc1cc(C=O)ccc1N(CC(F)(F)F)C(C)C. The average molecular weight is 259 g/mol. The fourth-order valence-electron chi connectivity index (χ4n) is 1.81. The van der Waals surface area contributed by atoms with Crippen molar-refractivity contribution in [3.8, 4) is 0 Å². The van der Waals surface area contributed by atoms with Gasteiger partial charge in [-0.3, -0.25) is 4.79 Å². The molecule has 100 valence electrons. The number of carbonyl (C=O) groups excluding carboxylic acids is 1. The van der Waals surface area contributed by atoms with Gasteiger partial charge in [0.05, 0.1) is 0 Å². The fourth-order valence-corrected chi connectivity index (χ4v) is 1.81. The Hall–Kier alpha value is -1.52. The highest BCUT2D eigenvalue weighted by atomic mass is 19.4. The number of halogens is 3. The van der Waals surface area contributed by atoms with Crippen LogP contribution in [0.4, 0.5) is 18.9 Å². The molecular formula is C13H16F3NO. The molecule has 0 heterocycles. The molecule has 18 heavy (non-hydrogen) atoms. The summed E-state index contributed by atoms with van der Waals surface area (Å²) in [6.07, 6.45) is -3.57. The number of hydrogen-bond donors (Lipinski definition) is 0. The van der Waals surface area contributed by atoms with Crippen molar-refractivity contribution in [2.45, 2.75) is 33.0 Å². The second-order valence-electron chi connectivity index (χ2n) is 4.50. The molecule has 0 N–H and O–H groups in total. The van der Waals surface area contributed by atoms with Gasteiger partial charge in [0.15, 0.2) is 0 Å². The maximum Gasteiger partial charge on any atom is 0.405 e. The van der Waals surface area contributed by atoms with E-state index in [1.54, 1.807) is 32.9 Å². The first-order valence-electron chi connectivity index (χ1n) is 5.64. The first kappa shape index (κ1) is 14.5. The van der Waals surface area contributed by atoms with Crippen molar-refractivity contribution in [1.82, 2.24) is 0 Å². The molecule has 2 nitrogen and oxygen atoms in total. The van der Waals surface area contributed by atoms with Gasteiger partial charge in [-0.15, -0.1) is 0 Å². The van der Waals surface area contributed by atoms with E-state index in [4.69, 9.17) is 0 Å². The van der Waals surface area contributed by atoms with E-state index >= 15 is 0 Å². The van der Waals surface area contributed by atoms with Gasteiger partial charge in [0.1, 0.15) is 12.8 Å². The molecule has 0 saturated carbocycles. The van der Waals surface area contributed by atoms with Crippen molar-refractivity contribution in [3.63, 3.8) is 0 Å². The van der Waals surface area contributed by atoms with E-state index in [9.17, 15) is 18.0 Å². The third kappa shape index (κ3) is 3.75. The van der Waals surface area contributed by atoms with E-state index in [1.165, 1.54) is 11.0 Å².